The predicted octanol–water partition coefficient (Wildman–Crippen LogP) is 3.89. The molecule has 0 unspecified atom stereocenters. The lowest BCUT2D eigenvalue weighted by Crippen LogP contribution is -2.02. The first-order valence-corrected chi connectivity index (χ1v) is 8.07. The van der Waals surface area contributed by atoms with E-state index in [4.69, 9.17) is 14.6 Å². The highest BCUT2D eigenvalue weighted by Gasteiger charge is 2.06. The van der Waals surface area contributed by atoms with Gasteiger partial charge in [0.2, 0.25) is 0 Å². The molecule has 2 aromatic rings. The van der Waals surface area contributed by atoms with Crippen molar-refractivity contribution in [1.82, 2.24) is 0 Å². The van der Waals surface area contributed by atoms with Crippen molar-refractivity contribution < 1.29 is 19.4 Å². The van der Waals surface area contributed by atoms with Crippen molar-refractivity contribution in [2.24, 2.45) is 0 Å². The van der Waals surface area contributed by atoms with Gasteiger partial charge in [0.05, 0.1) is 7.11 Å². The SMILES string of the molecule is C=CCOc1ccc(CNc2cccc(CCC(=O)O)c2)cc1OC. The van der Waals surface area contributed by atoms with Crippen LogP contribution in [0.4, 0.5) is 5.69 Å². The molecular weight excluding hydrogens is 318 g/mol. The number of methoxy groups -OCH3 is 1. The third kappa shape index (κ3) is 5.88. The summed E-state index contributed by atoms with van der Waals surface area (Å²) in [4.78, 5) is 10.7. The van der Waals surface area contributed by atoms with Gasteiger partial charge in [0, 0.05) is 18.7 Å². The van der Waals surface area contributed by atoms with Crippen molar-refractivity contribution in [3.63, 3.8) is 0 Å². The van der Waals surface area contributed by atoms with E-state index in [1.165, 1.54) is 0 Å². The van der Waals surface area contributed by atoms with Crippen LogP contribution in [-0.4, -0.2) is 24.8 Å². The van der Waals surface area contributed by atoms with E-state index < -0.39 is 5.97 Å². The number of anilines is 1. The number of ether oxygens (including phenoxy) is 2. The normalized spacial score (nSPS) is 10.1. The molecule has 0 heterocycles. The Labute approximate surface area is 147 Å². The van der Waals surface area contributed by atoms with Crippen LogP contribution >= 0.6 is 0 Å². The van der Waals surface area contributed by atoms with Gasteiger partial charge >= 0.3 is 5.97 Å². The van der Waals surface area contributed by atoms with Gasteiger partial charge in [-0.25, -0.2) is 0 Å². The van der Waals surface area contributed by atoms with E-state index in [0.717, 1.165) is 16.8 Å². The molecule has 0 saturated carbocycles. The van der Waals surface area contributed by atoms with Crippen LogP contribution < -0.4 is 14.8 Å². The van der Waals surface area contributed by atoms with Gasteiger partial charge in [-0.15, -0.1) is 0 Å². The minimum Gasteiger partial charge on any atom is -0.493 e. The predicted molar refractivity (Wildman–Crippen MR) is 98.4 cm³/mol. The molecule has 5 nitrogen and oxygen atoms in total. The summed E-state index contributed by atoms with van der Waals surface area (Å²) >= 11 is 0. The van der Waals surface area contributed by atoms with Crippen molar-refractivity contribution in [2.45, 2.75) is 19.4 Å². The average molecular weight is 341 g/mol. The molecule has 0 aliphatic heterocycles. The van der Waals surface area contributed by atoms with E-state index in [9.17, 15) is 4.79 Å². The van der Waals surface area contributed by atoms with Gasteiger partial charge in [-0.05, 0) is 41.8 Å². The third-order valence-corrected chi connectivity index (χ3v) is 3.64. The molecule has 25 heavy (non-hydrogen) atoms. The Bertz CT molecular complexity index is 727. The summed E-state index contributed by atoms with van der Waals surface area (Å²) in [5.74, 6) is 0.572. The molecule has 0 radical (unpaired) electrons. The fourth-order valence-corrected chi connectivity index (χ4v) is 2.38. The maximum absolute atomic E-state index is 10.7. The molecule has 0 aromatic heterocycles. The van der Waals surface area contributed by atoms with Crippen LogP contribution in [0, 0.1) is 0 Å². The number of carboxylic acids is 1. The van der Waals surface area contributed by atoms with Crippen LogP contribution in [0.2, 0.25) is 0 Å². The molecule has 5 heteroatoms. The van der Waals surface area contributed by atoms with Gasteiger partial charge in [0.25, 0.3) is 0 Å². The second kappa shape index (κ2) is 9.37. The van der Waals surface area contributed by atoms with Crippen LogP contribution in [-0.2, 0) is 17.8 Å². The topological polar surface area (TPSA) is 67.8 Å². The average Bonchev–Trinajstić information content (AvgIpc) is 2.63. The monoisotopic (exact) mass is 341 g/mol. The Kier molecular flexibility index (Phi) is 6.89. The maximum Gasteiger partial charge on any atom is 0.303 e. The van der Waals surface area contributed by atoms with Gasteiger partial charge < -0.3 is 19.9 Å². The van der Waals surface area contributed by atoms with Crippen LogP contribution in [0.1, 0.15) is 17.5 Å². The second-order valence-electron chi connectivity index (χ2n) is 5.53. The number of nitrogens with one attached hydrogen (secondary N) is 1. The van der Waals surface area contributed by atoms with Crippen molar-refractivity contribution in [2.75, 3.05) is 19.0 Å². The highest BCUT2D eigenvalue weighted by Crippen LogP contribution is 2.28. The molecule has 0 amide bonds. The molecule has 2 aromatic carbocycles. The summed E-state index contributed by atoms with van der Waals surface area (Å²) in [5, 5.41) is 12.1. The number of carbonyl (C=O) groups is 1. The molecular formula is C20H23NO4. The molecule has 132 valence electrons. The van der Waals surface area contributed by atoms with E-state index in [0.29, 0.717) is 31.1 Å². The summed E-state index contributed by atoms with van der Waals surface area (Å²) < 4.78 is 10.9. The lowest BCUT2D eigenvalue weighted by Gasteiger charge is -2.12. The van der Waals surface area contributed by atoms with E-state index in [-0.39, 0.29) is 6.42 Å². The molecule has 0 fully saturated rings. The zero-order valence-electron chi connectivity index (χ0n) is 14.3. The van der Waals surface area contributed by atoms with Crippen LogP contribution in [0.5, 0.6) is 11.5 Å². The Morgan fingerprint density at radius 3 is 2.76 bits per heavy atom. The van der Waals surface area contributed by atoms with Gasteiger partial charge in [-0.3, -0.25) is 4.79 Å². The molecule has 0 aliphatic carbocycles. The number of benzene rings is 2. The van der Waals surface area contributed by atoms with E-state index in [1.54, 1.807) is 13.2 Å². The quantitative estimate of drug-likeness (QED) is 0.642. The van der Waals surface area contributed by atoms with Crippen LogP contribution in [0.25, 0.3) is 0 Å². The van der Waals surface area contributed by atoms with Crippen LogP contribution in [0.15, 0.2) is 55.1 Å². The third-order valence-electron chi connectivity index (χ3n) is 3.64. The Balaban J connectivity index is 1.99. The molecule has 0 bridgehead atoms. The summed E-state index contributed by atoms with van der Waals surface area (Å²) in [7, 11) is 1.61. The molecule has 0 atom stereocenters. The van der Waals surface area contributed by atoms with E-state index in [2.05, 4.69) is 11.9 Å². The van der Waals surface area contributed by atoms with Gasteiger partial charge in [-0.1, -0.05) is 30.9 Å². The molecule has 0 aliphatic rings. The highest BCUT2D eigenvalue weighted by molar-refractivity contribution is 5.67. The molecule has 2 rings (SSSR count). The number of hydrogen-bond acceptors (Lipinski definition) is 4. The summed E-state index contributed by atoms with van der Waals surface area (Å²) in [6, 6.07) is 13.6. The van der Waals surface area contributed by atoms with Gasteiger partial charge in [0.1, 0.15) is 6.61 Å². The van der Waals surface area contributed by atoms with Crippen molar-refractivity contribution in [3.05, 3.63) is 66.2 Å². The fraction of sp³-hybridized carbons (Fsp3) is 0.250. The first-order valence-electron chi connectivity index (χ1n) is 8.07. The van der Waals surface area contributed by atoms with Crippen molar-refractivity contribution >= 4 is 11.7 Å². The lowest BCUT2D eigenvalue weighted by atomic mass is 10.1. The number of hydrogen-bond donors (Lipinski definition) is 2. The zero-order valence-corrected chi connectivity index (χ0v) is 14.3. The number of carboxylic acid groups (broad SMARTS) is 1. The zero-order chi connectivity index (χ0) is 18.1. The largest absolute Gasteiger partial charge is 0.493 e. The van der Waals surface area contributed by atoms with Crippen molar-refractivity contribution in [1.29, 1.82) is 0 Å². The van der Waals surface area contributed by atoms with Crippen molar-refractivity contribution in [3.8, 4) is 11.5 Å². The van der Waals surface area contributed by atoms with Crippen LogP contribution in [0.3, 0.4) is 0 Å². The summed E-state index contributed by atoms with van der Waals surface area (Å²) in [6.45, 7) is 4.69. The Morgan fingerprint density at radius 1 is 1.20 bits per heavy atom. The first kappa shape index (κ1) is 18.4. The first-order chi connectivity index (χ1) is 12.1. The van der Waals surface area contributed by atoms with E-state index >= 15 is 0 Å². The fourth-order valence-electron chi connectivity index (χ4n) is 2.38. The van der Waals surface area contributed by atoms with Gasteiger partial charge in [0.15, 0.2) is 11.5 Å². The van der Waals surface area contributed by atoms with Gasteiger partial charge in [-0.2, -0.15) is 0 Å². The molecule has 0 saturated heterocycles. The lowest BCUT2D eigenvalue weighted by molar-refractivity contribution is -0.136. The summed E-state index contributed by atoms with van der Waals surface area (Å²) in [6.07, 6.45) is 2.34. The Hall–Kier alpha value is -2.95. The Morgan fingerprint density at radius 2 is 2.04 bits per heavy atom. The molecule has 2 N–H and O–H groups in total. The second-order valence-corrected chi connectivity index (χ2v) is 5.53. The minimum absolute atomic E-state index is 0.132. The minimum atomic E-state index is -0.788. The number of rotatable bonds is 10. The smallest absolute Gasteiger partial charge is 0.303 e. The van der Waals surface area contributed by atoms with E-state index in [1.807, 2.05) is 42.5 Å². The summed E-state index contributed by atoms with van der Waals surface area (Å²) in [5.41, 5.74) is 3.01. The standard InChI is InChI=1S/C20H23NO4/c1-3-11-25-18-9-7-16(13-19(18)24-2)14-21-17-6-4-5-15(12-17)8-10-20(22)23/h3-7,9,12-13,21H,1,8,10-11,14H2,2H3,(H,22,23). The maximum atomic E-state index is 10.7. The number of aryl methyl sites for hydroxylation is 1. The molecule has 0 spiro atoms. The number of aliphatic carboxylic acids is 1. The highest BCUT2D eigenvalue weighted by atomic mass is 16.5.